The summed E-state index contributed by atoms with van der Waals surface area (Å²) in [5, 5.41) is 3.94. The number of halogens is 5. The molecule has 0 N–H and O–H groups in total. The summed E-state index contributed by atoms with van der Waals surface area (Å²) in [6, 6.07) is 2.28. The van der Waals surface area contributed by atoms with Gasteiger partial charge in [0.25, 0.3) is 6.43 Å². The first-order chi connectivity index (χ1) is 16.6. The topological polar surface area (TPSA) is 80.0 Å². The summed E-state index contributed by atoms with van der Waals surface area (Å²) < 4.78 is 65.0. The van der Waals surface area contributed by atoms with Gasteiger partial charge >= 0.3 is 6.18 Å². The van der Waals surface area contributed by atoms with Crippen molar-refractivity contribution in [3.8, 4) is 0 Å². The van der Waals surface area contributed by atoms with Gasteiger partial charge in [0.1, 0.15) is 23.6 Å². The minimum Gasteiger partial charge on any atom is -0.355 e. The number of piperidine rings is 1. The normalized spacial score (nSPS) is 18.4. The number of fused-ring (bicyclic) bond motifs is 1. The van der Waals surface area contributed by atoms with Crippen molar-refractivity contribution < 1.29 is 26.7 Å². The lowest BCUT2D eigenvalue weighted by Crippen LogP contribution is -2.42. The number of anilines is 1. The summed E-state index contributed by atoms with van der Waals surface area (Å²) in [5.74, 6) is 0.538. The zero-order valence-corrected chi connectivity index (χ0v) is 18.5. The van der Waals surface area contributed by atoms with Gasteiger partial charge in [0.05, 0.1) is 12.4 Å². The summed E-state index contributed by atoms with van der Waals surface area (Å²) in [7, 11) is 0. The van der Waals surface area contributed by atoms with Gasteiger partial charge in [0.2, 0.25) is 5.91 Å². The van der Waals surface area contributed by atoms with Crippen molar-refractivity contribution >= 4 is 22.9 Å². The Balaban J connectivity index is 1.23. The SMILES string of the molecule is O=C1CC2(CCN(c3cnc4cnn(CC(F)F)c4n3)CC2)CN1Cc1ccc(C(F)(F)F)nc1. The lowest BCUT2D eigenvalue weighted by atomic mass is 9.77. The van der Waals surface area contributed by atoms with Gasteiger partial charge in [-0.25, -0.2) is 23.4 Å². The molecule has 5 heterocycles. The van der Waals surface area contributed by atoms with Gasteiger partial charge in [-0.2, -0.15) is 18.3 Å². The average Bonchev–Trinajstić information content (AvgIpc) is 3.33. The highest BCUT2D eigenvalue weighted by atomic mass is 19.4. The first kappa shape index (κ1) is 23.4. The quantitative estimate of drug-likeness (QED) is 0.504. The van der Waals surface area contributed by atoms with Crippen LogP contribution in [0.15, 0.2) is 30.7 Å². The molecule has 0 atom stereocenters. The molecule has 35 heavy (non-hydrogen) atoms. The number of alkyl halides is 5. The van der Waals surface area contributed by atoms with E-state index in [-0.39, 0.29) is 17.9 Å². The van der Waals surface area contributed by atoms with E-state index in [1.807, 2.05) is 4.90 Å². The number of amides is 1. The maximum absolute atomic E-state index is 12.8. The van der Waals surface area contributed by atoms with Crippen LogP contribution in [0.25, 0.3) is 11.2 Å². The molecule has 0 aromatic carbocycles. The minimum atomic E-state index is -4.50. The largest absolute Gasteiger partial charge is 0.433 e. The van der Waals surface area contributed by atoms with E-state index in [0.29, 0.717) is 48.6 Å². The molecule has 3 aromatic rings. The van der Waals surface area contributed by atoms with Crippen LogP contribution in [-0.2, 0) is 24.1 Å². The van der Waals surface area contributed by atoms with E-state index < -0.39 is 24.8 Å². The van der Waals surface area contributed by atoms with E-state index in [0.717, 1.165) is 29.8 Å². The van der Waals surface area contributed by atoms with E-state index in [2.05, 4.69) is 20.1 Å². The van der Waals surface area contributed by atoms with Crippen LogP contribution >= 0.6 is 0 Å². The molecule has 2 saturated heterocycles. The third-order valence-corrected chi connectivity index (χ3v) is 6.69. The number of rotatable bonds is 5. The van der Waals surface area contributed by atoms with Crippen LogP contribution in [0.1, 0.15) is 30.5 Å². The monoisotopic (exact) mass is 495 g/mol. The van der Waals surface area contributed by atoms with Gasteiger partial charge in [0, 0.05) is 44.2 Å². The van der Waals surface area contributed by atoms with Crippen LogP contribution in [0.3, 0.4) is 0 Å². The fourth-order valence-corrected chi connectivity index (χ4v) is 4.83. The predicted molar refractivity (Wildman–Crippen MR) is 114 cm³/mol. The number of pyridine rings is 1. The molecule has 13 heteroatoms. The van der Waals surface area contributed by atoms with Gasteiger partial charge in [-0.1, -0.05) is 6.07 Å². The molecular weight excluding hydrogens is 473 g/mol. The van der Waals surface area contributed by atoms with Crippen molar-refractivity contribution in [1.82, 2.24) is 29.6 Å². The van der Waals surface area contributed by atoms with Gasteiger partial charge in [-0.05, 0) is 24.5 Å². The molecule has 3 aromatic heterocycles. The standard InChI is InChI=1S/C22H22F5N7O/c23-17(24)12-34-20-15(9-30-34)28-10-18(31-20)32-5-3-21(4-6-32)7-19(35)33(13-21)11-14-1-2-16(29-8-14)22(25,26)27/h1-2,8-10,17H,3-7,11-13H2. The summed E-state index contributed by atoms with van der Waals surface area (Å²) in [6.45, 7) is 1.41. The predicted octanol–water partition coefficient (Wildman–Crippen LogP) is 3.52. The fraction of sp³-hybridized carbons (Fsp3) is 0.500. The maximum Gasteiger partial charge on any atom is 0.433 e. The lowest BCUT2D eigenvalue weighted by molar-refractivity contribution is -0.141. The highest BCUT2D eigenvalue weighted by Gasteiger charge is 2.45. The molecule has 0 bridgehead atoms. The number of likely N-dealkylation sites (tertiary alicyclic amines) is 1. The molecule has 1 spiro atoms. The zero-order chi connectivity index (χ0) is 24.8. The van der Waals surface area contributed by atoms with Crippen LogP contribution in [0.4, 0.5) is 27.8 Å². The molecule has 5 rings (SSSR count). The van der Waals surface area contributed by atoms with Crippen molar-refractivity contribution in [2.24, 2.45) is 5.41 Å². The Morgan fingerprint density at radius 1 is 1.06 bits per heavy atom. The third-order valence-electron chi connectivity index (χ3n) is 6.69. The molecule has 0 aliphatic carbocycles. The highest BCUT2D eigenvalue weighted by molar-refractivity contribution is 5.79. The molecule has 0 unspecified atom stereocenters. The molecule has 8 nitrogen and oxygen atoms in total. The van der Waals surface area contributed by atoms with Crippen LogP contribution in [0.5, 0.6) is 0 Å². The molecule has 186 valence electrons. The fourth-order valence-electron chi connectivity index (χ4n) is 4.83. The Kier molecular flexibility index (Phi) is 5.80. The van der Waals surface area contributed by atoms with Gasteiger partial charge in [0.15, 0.2) is 5.65 Å². The smallest absolute Gasteiger partial charge is 0.355 e. The second kappa shape index (κ2) is 8.68. The molecule has 0 radical (unpaired) electrons. The minimum absolute atomic E-state index is 0.0320. The first-order valence-electron chi connectivity index (χ1n) is 11.1. The van der Waals surface area contributed by atoms with Crippen molar-refractivity contribution in [2.45, 2.75) is 45.0 Å². The number of hydrogen-bond donors (Lipinski definition) is 0. The number of carbonyl (C=O) groups is 1. The Bertz CT molecular complexity index is 1220. The van der Waals surface area contributed by atoms with Gasteiger partial charge in [-0.3, -0.25) is 9.78 Å². The molecule has 1 amide bonds. The maximum atomic E-state index is 12.8. The Morgan fingerprint density at radius 3 is 2.49 bits per heavy atom. The second-order valence-electron chi connectivity index (χ2n) is 9.12. The first-order valence-corrected chi connectivity index (χ1v) is 11.1. The average molecular weight is 495 g/mol. The number of hydrogen-bond acceptors (Lipinski definition) is 6. The third kappa shape index (κ3) is 4.76. The summed E-state index contributed by atoms with van der Waals surface area (Å²) >= 11 is 0. The molecular formula is C22H22F5N7O. The Labute approximate surface area is 196 Å². The summed E-state index contributed by atoms with van der Waals surface area (Å²) in [5.41, 5.74) is 0.108. The second-order valence-corrected chi connectivity index (χ2v) is 9.12. The van der Waals surface area contributed by atoms with E-state index >= 15 is 0 Å². The van der Waals surface area contributed by atoms with E-state index in [4.69, 9.17) is 0 Å². The van der Waals surface area contributed by atoms with Crippen molar-refractivity contribution in [2.75, 3.05) is 24.5 Å². The highest BCUT2D eigenvalue weighted by Crippen LogP contribution is 2.42. The zero-order valence-electron chi connectivity index (χ0n) is 18.5. The Hall–Kier alpha value is -3.38. The van der Waals surface area contributed by atoms with E-state index in [1.54, 1.807) is 11.1 Å². The summed E-state index contributed by atoms with van der Waals surface area (Å²) in [6.07, 6.45) is -1.08. The van der Waals surface area contributed by atoms with Gasteiger partial charge < -0.3 is 9.80 Å². The molecule has 0 saturated carbocycles. The Morgan fingerprint density at radius 2 is 1.83 bits per heavy atom. The van der Waals surface area contributed by atoms with Gasteiger partial charge in [-0.15, -0.1) is 0 Å². The molecule has 2 aliphatic heterocycles. The number of carbonyl (C=O) groups excluding carboxylic acids is 1. The lowest BCUT2D eigenvalue weighted by Gasteiger charge is -2.39. The van der Waals surface area contributed by atoms with Crippen molar-refractivity contribution in [3.63, 3.8) is 0 Å². The van der Waals surface area contributed by atoms with Crippen LogP contribution in [0.2, 0.25) is 0 Å². The number of nitrogens with zero attached hydrogens (tertiary/aromatic N) is 7. The van der Waals surface area contributed by atoms with Crippen molar-refractivity contribution in [3.05, 3.63) is 42.0 Å². The molecule has 2 aliphatic rings. The van der Waals surface area contributed by atoms with Crippen LogP contribution in [0, 0.1) is 5.41 Å². The number of aromatic nitrogens is 5. The van der Waals surface area contributed by atoms with E-state index in [1.165, 1.54) is 12.3 Å². The van der Waals surface area contributed by atoms with E-state index in [9.17, 15) is 26.7 Å². The van der Waals surface area contributed by atoms with Crippen molar-refractivity contribution in [1.29, 1.82) is 0 Å². The summed E-state index contributed by atoms with van der Waals surface area (Å²) in [4.78, 5) is 28.7. The van der Waals surface area contributed by atoms with Crippen LogP contribution < -0.4 is 4.90 Å². The molecule has 2 fully saturated rings. The van der Waals surface area contributed by atoms with Crippen LogP contribution in [-0.4, -0.2) is 61.6 Å².